The monoisotopic (exact) mass is 227 g/mol. The van der Waals surface area contributed by atoms with Crippen LogP contribution in [-0.2, 0) is 5.54 Å². The highest BCUT2D eigenvalue weighted by Gasteiger charge is 2.35. The molecule has 0 aromatic heterocycles. The minimum Gasteiger partial charge on any atom is -0.496 e. The molecule has 88 valence electrons. The van der Waals surface area contributed by atoms with Crippen LogP contribution in [0, 0.1) is 0 Å². The van der Waals surface area contributed by atoms with E-state index in [1.54, 1.807) is 12.1 Å². The Morgan fingerprint density at radius 1 is 1.38 bits per heavy atom. The van der Waals surface area contributed by atoms with Gasteiger partial charge in [-0.05, 0) is 37.0 Å². The number of halogens is 2. The van der Waals surface area contributed by atoms with Crippen molar-refractivity contribution < 1.29 is 13.5 Å². The van der Waals surface area contributed by atoms with Crippen LogP contribution >= 0.6 is 0 Å². The number of ether oxygens (including phenoxy) is 1. The van der Waals surface area contributed by atoms with Crippen LogP contribution in [0.1, 0.15) is 36.8 Å². The van der Waals surface area contributed by atoms with Gasteiger partial charge in [0, 0.05) is 5.54 Å². The average Bonchev–Trinajstić information content (AvgIpc) is 2.25. The molecule has 1 saturated carbocycles. The molecular weight excluding hydrogens is 212 g/mol. The summed E-state index contributed by atoms with van der Waals surface area (Å²) in [5.74, 6) is 0.224. The molecule has 1 aliphatic carbocycles. The van der Waals surface area contributed by atoms with Crippen LogP contribution in [0.3, 0.4) is 0 Å². The second kappa shape index (κ2) is 4.01. The Hall–Kier alpha value is -1.16. The molecule has 0 amide bonds. The first-order chi connectivity index (χ1) is 7.57. The van der Waals surface area contributed by atoms with E-state index in [9.17, 15) is 8.78 Å². The fraction of sp³-hybridized carbons (Fsp3) is 0.500. The first kappa shape index (κ1) is 11.3. The lowest BCUT2D eigenvalue weighted by Gasteiger charge is -2.39. The van der Waals surface area contributed by atoms with Gasteiger partial charge in [0.2, 0.25) is 0 Å². The highest BCUT2D eigenvalue weighted by molar-refractivity contribution is 5.41. The molecule has 1 aliphatic rings. The van der Waals surface area contributed by atoms with E-state index in [-0.39, 0.29) is 11.3 Å². The topological polar surface area (TPSA) is 35.2 Å². The summed E-state index contributed by atoms with van der Waals surface area (Å²) >= 11 is 0. The first-order valence-electron chi connectivity index (χ1n) is 5.32. The second-order valence-corrected chi connectivity index (χ2v) is 4.27. The number of benzene rings is 1. The largest absolute Gasteiger partial charge is 0.496 e. The maximum Gasteiger partial charge on any atom is 0.267 e. The summed E-state index contributed by atoms with van der Waals surface area (Å²) in [7, 11) is 1.39. The van der Waals surface area contributed by atoms with Crippen molar-refractivity contribution in [1.82, 2.24) is 0 Å². The predicted octanol–water partition coefficient (Wildman–Crippen LogP) is 2.97. The minimum atomic E-state index is -2.53. The molecule has 0 spiro atoms. The van der Waals surface area contributed by atoms with Gasteiger partial charge >= 0.3 is 0 Å². The molecule has 2 nitrogen and oxygen atoms in total. The second-order valence-electron chi connectivity index (χ2n) is 4.27. The van der Waals surface area contributed by atoms with Gasteiger partial charge in [-0.25, -0.2) is 8.78 Å². The van der Waals surface area contributed by atoms with E-state index in [1.807, 2.05) is 0 Å². The molecule has 1 fully saturated rings. The van der Waals surface area contributed by atoms with Crippen LogP contribution < -0.4 is 10.5 Å². The van der Waals surface area contributed by atoms with E-state index in [0.29, 0.717) is 0 Å². The Balaban J connectivity index is 2.38. The minimum absolute atomic E-state index is 0.0725. The first-order valence-corrected chi connectivity index (χ1v) is 5.32. The lowest BCUT2D eigenvalue weighted by atomic mass is 9.72. The van der Waals surface area contributed by atoms with Gasteiger partial charge in [0.15, 0.2) is 0 Å². The Morgan fingerprint density at radius 2 is 2.06 bits per heavy atom. The van der Waals surface area contributed by atoms with Crippen LogP contribution in [0.25, 0.3) is 0 Å². The van der Waals surface area contributed by atoms with Gasteiger partial charge in [-0.15, -0.1) is 0 Å². The predicted molar refractivity (Wildman–Crippen MR) is 57.7 cm³/mol. The Bertz CT molecular complexity index is 389. The quantitative estimate of drug-likeness (QED) is 0.861. The Kier molecular flexibility index (Phi) is 2.84. The molecule has 0 atom stereocenters. The molecule has 0 bridgehead atoms. The zero-order valence-electron chi connectivity index (χ0n) is 9.17. The smallest absolute Gasteiger partial charge is 0.267 e. The molecule has 0 saturated heterocycles. The van der Waals surface area contributed by atoms with Crippen molar-refractivity contribution >= 4 is 0 Å². The highest BCUT2D eigenvalue weighted by Crippen LogP contribution is 2.41. The molecule has 0 radical (unpaired) electrons. The van der Waals surface area contributed by atoms with E-state index in [0.717, 1.165) is 24.8 Å². The summed E-state index contributed by atoms with van der Waals surface area (Å²) in [6.45, 7) is 0. The van der Waals surface area contributed by atoms with Crippen molar-refractivity contribution in [3.8, 4) is 5.75 Å². The molecule has 0 aliphatic heterocycles. The lowest BCUT2D eigenvalue weighted by Crippen LogP contribution is -2.43. The number of hydrogen-bond donors (Lipinski definition) is 1. The number of nitrogens with two attached hydrogens (primary N) is 1. The summed E-state index contributed by atoms with van der Waals surface area (Å²) in [4.78, 5) is 0. The summed E-state index contributed by atoms with van der Waals surface area (Å²) < 4.78 is 30.5. The lowest BCUT2D eigenvalue weighted by molar-refractivity contribution is 0.146. The molecule has 2 rings (SSSR count). The van der Waals surface area contributed by atoms with Crippen molar-refractivity contribution in [2.75, 3.05) is 7.11 Å². The molecule has 1 aromatic rings. The van der Waals surface area contributed by atoms with E-state index in [2.05, 4.69) is 0 Å². The summed E-state index contributed by atoms with van der Waals surface area (Å²) in [6.07, 6.45) is 0.259. The van der Waals surface area contributed by atoms with Gasteiger partial charge < -0.3 is 10.5 Å². The SMILES string of the molecule is COc1ccc(C2(N)CCC2)cc1C(F)F. The van der Waals surface area contributed by atoms with Crippen molar-refractivity contribution in [3.63, 3.8) is 0 Å². The van der Waals surface area contributed by atoms with Crippen LogP contribution in [0.4, 0.5) is 8.78 Å². The van der Waals surface area contributed by atoms with Crippen LogP contribution in [0.2, 0.25) is 0 Å². The summed E-state index contributed by atoms with van der Waals surface area (Å²) in [6, 6.07) is 4.83. The van der Waals surface area contributed by atoms with Crippen molar-refractivity contribution in [2.24, 2.45) is 5.73 Å². The van der Waals surface area contributed by atoms with E-state index >= 15 is 0 Å². The zero-order valence-corrected chi connectivity index (χ0v) is 9.17. The third-order valence-corrected chi connectivity index (χ3v) is 3.29. The number of alkyl halides is 2. The molecule has 16 heavy (non-hydrogen) atoms. The van der Waals surface area contributed by atoms with E-state index < -0.39 is 12.0 Å². The van der Waals surface area contributed by atoms with Gasteiger partial charge in [-0.1, -0.05) is 6.07 Å². The van der Waals surface area contributed by atoms with Crippen molar-refractivity contribution in [3.05, 3.63) is 29.3 Å². The summed E-state index contributed by atoms with van der Waals surface area (Å²) in [5.41, 5.74) is 6.41. The van der Waals surface area contributed by atoms with Gasteiger partial charge in [-0.2, -0.15) is 0 Å². The maximum absolute atomic E-state index is 12.8. The molecular formula is C12H15F2NO. The average molecular weight is 227 g/mol. The molecule has 1 aromatic carbocycles. The fourth-order valence-corrected chi connectivity index (χ4v) is 2.06. The van der Waals surface area contributed by atoms with E-state index in [1.165, 1.54) is 13.2 Å². The van der Waals surface area contributed by atoms with Crippen LogP contribution in [0.5, 0.6) is 5.75 Å². The van der Waals surface area contributed by atoms with Crippen molar-refractivity contribution in [1.29, 1.82) is 0 Å². The van der Waals surface area contributed by atoms with Crippen LogP contribution in [0.15, 0.2) is 18.2 Å². The van der Waals surface area contributed by atoms with Gasteiger partial charge in [0.05, 0.1) is 12.7 Å². The fourth-order valence-electron chi connectivity index (χ4n) is 2.06. The molecule has 0 unspecified atom stereocenters. The number of hydrogen-bond acceptors (Lipinski definition) is 2. The highest BCUT2D eigenvalue weighted by atomic mass is 19.3. The van der Waals surface area contributed by atoms with Gasteiger partial charge in [0.1, 0.15) is 5.75 Å². The van der Waals surface area contributed by atoms with Crippen molar-refractivity contribution in [2.45, 2.75) is 31.2 Å². The van der Waals surface area contributed by atoms with E-state index in [4.69, 9.17) is 10.5 Å². The van der Waals surface area contributed by atoms with Gasteiger partial charge in [0.25, 0.3) is 6.43 Å². The third kappa shape index (κ3) is 1.78. The number of rotatable bonds is 3. The van der Waals surface area contributed by atoms with Crippen LogP contribution in [-0.4, -0.2) is 7.11 Å². The third-order valence-electron chi connectivity index (χ3n) is 3.29. The molecule has 4 heteroatoms. The maximum atomic E-state index is 12.8. The number of methoxy groups -OCH3 is 1. The zero-order chi connectivity index (χ0) is 11.8. The normalized spacial score (nSPS) is 18.3. The molecule has 0 heterocycles. The summed E-state index contributed by atoms with van der Waals surface area (Å²) in [5, 5.41) is 0. The van der Waals surface area contributed by atoms with Gasteiger partial charge in [-0.3, -0.25) is 0 Å². The standard InChI is InChI=1S/C12H15F2NO/c1-16-10-4-3-8(7-9(10)11(13)14)12(15)5-2-6-12/h3-4,7,11H,2,5-6,15H2,1H3. The Morgan fingerprint density at radius 3 is 2.50 bits per heavy atom. The molecule has 2 N–H and O–H groups in total. The Labute approximate surface area is 93.4 Å².